The predicted octanol–water partition coefficient (Wildman–Crippen LogP) is 4.15. The number of rotatable bonds is 7. The summed E-state index contributed by atoms with van der Waals surface area (Å²) in [6, 6.07) is 15.6. The van der Waals surface area contributed by atoms with Gasteiger partial charge in [-0.2, -0.15) is 0 Å². The first-order valence-electron chi connectivity index (χ1n) is 8.55. The van der Waals surface area contributed by atoms with E-state index in [0.29, 0.717) is 6.42 Å². The molecule has 4 nitrogen and oxygen atoms in total. The van der Waals surface area contributed by atoms with Gasteiger partial charge in [0.05, 0.1) is 16.3 Å². The van der Waals surface area contributed by atoms with Crippen molar-refractivity contribution >= 4 is 39.2 Å². The molecule has 0 radical (unpaired) electrons. The van der Waals surface area contributed by atoms with Crippen LogP contribution in [0.25, 0.3) is 21.9 Å². The number of aliphatic carboxylic acids is 1. The molecule has 0 spiro atoms. The van der Waals surface area contributed by atoms with Gasteiger partial charge in [-0.25, -0.2) is 4.98 Å². The third kappa shape index (κ3) is 4.49. The second kappa shape index (κ2) is 8.15. The van der Waals surface area contributed by atoms with Gasteiger partial charge in [0, 0.05) is 11.5 Å². The van der Waals surface area contributed by atoms with Crippen LogP contribution in [0.15, 0.2) is 48.5 Å². The Labute approximate surface area is 156 Å². The Kier molecular flexibility index (Phi) is 5.68. The van der Waals surface area contributed by atoms with Crippen LogP contribution in [0.3, 0.4) is 0 Å². The maximum atomic E-state index is 11.0. The summed E-state index contributed by atoms with van der Waals surface area (Å²) in [6.07, 6.45) is 2.34. The van der Waals surface area contributed by atoms with Crippen LogP contribution in [0.1, 0.15) is 37.3 Å². The van der Waals surface area contributed by atoms with E-state index >= 15 is 0 Å². The van der Waals surface area contributed by atoms with Crippen LogP contribution in [0, 0.1) is 0 Å². The summed E-state index contributed by atoms with van der Waals surface area (Å²) < 4.78 is 6.95. The van der Waals surface area contributed by atoms with E-state index in [0.717, 1.165) is 32.1 Å². The van der Waals surface area contributed by atoms with Gasteiger partial charge in [0.2, 0.25) is 0 Å². The topological polar surface area (TPSA) is 62.2 Å². The number of thiazole rings is 1. The molecule has 5 heteroatoms. The molecule has 0 unspecified atom stereocenters. The minimum Gasteiger partial charge on any atom is -0.550 e. The van der Waals surface area contributed by atoms with E-state index in [2.05, 4.69) is 4.98 Å². The number of carbonyl (C=O) groups is 1. The van der Waals surface area contributed by atoms with Crippen LogP contribution >= 0.6 is 11.3 Å². The van der Waals surface area contributed by atoms with Crippen molar-refractivity contribution in [1.29, 1.82) is 0 Å². The number of fused-ring (bicyclic) bond motifs is 1. The molecule has 1 heterocycles. The van der Waals surface area contributed by atoms with Crippen molar-refractivity contribution < 1.29 is 14.6 Å². The van der Waals surface area contributed by atoms with Gasteiger partial charge in [-0.15, -0.1) is 11.3 Å². The van der Waals surface area contributed by atoms with Crippen molar-refractivity contribution in [2.24, 2.45) is 0 Å². The standard InChI is InChI=1S/C21H21NO3S/c1-14(2)25-18-9-5-3-7-15(18)13-16(11-12-20(23)24)21-22-17-8-4-6-10-19(17)26-21/h3-10,13-14H,11-12H2,1-2H3,(H,23,24)/p-1/b16-13+. The summed E-state index contributed by atoms with van der Waals surface area (Å²) >= 11 is 1.56. The zero-order chi connectivity index (χ0) is 18.5. The summed E-state index contributed by atoms with van der Waals surface area (Å²) in [7, 11) is 0. The molecule has 0 fully saturated rings. The molecule has 134 valence electrons. The zero-order valence-corrected chi connectivity index (χ0v) is 15.6. The number of carbonyl (C=O) groups excluding carboxylic acids is 1. The van der Waals surface area contributed by atoms with E-state index in [4.69, 9.17) is 4.74 Å². The maximum Gasteiger partial charge on any atom is 0.126 e. The van der Waals surface area contributed by atoms with Crippen LogP contribution in [-0.4, -0.2) is 17.1 Å². The number of benzene rings is 2. The van der Waals surface area contributed by atoms with E-state index in [1.54, 1.807) is 11.3 Å². The summed E-state index contributed by atoms with van der Waals surface area (Å²) in [5.74, 6) is -0.293. The highest BCUT2D eigenvalue weighted by molar-refractivity contribution is 7.19. The summed E-state index contributed by atoms with van der Waals surface area (Å²) in [6.45, 7) is 3.95. The van der Waals surface area contributed by atoms with Crippen LogP contribution in [0.2, 0.25) is 0 Å². The SMILES string of the molecule is CC(C)Oc1ccccc1/C=C(\CCC(=O)[O-])c1nc2ccccc2s1. The first-order valence-corrected chi connectivity index (χ1v) is 9.36. The van der Waals surface area contributed by atoms with Crippen LogP contribution < -0.4 is 9.84 Å². The van der Waals surface area contributed by atoms with Crippen molar-refractivity contribution in [3.63, 3.8) is 0 Å². The molecule has 0 atom stereocenters. The van der Waals surface area contributed by atoms with E-state index in [1.165, 1.54) is 0 Å². The molecule has 1 aromatic heterocycles. The number of carboxylic acid groups (broad SMARTS) is 1. The highest BCUT2D eigenvalue weighted by atomic mass is 32.1. The van der Waals surface area contributed by atoms with Gasteiger partial charge in [-0.05, 0) is 56.5 Å². The van der Waals surface area contributed by atoms with E-state index < -0.39 is 5.97 Å². The quantitative estimate of drug-likeness (QED) is 0.630. The third-order valence-electron chi connectivity index (χ3n) is 3.78. The highest BCUT2D eigenvalue weighted by Gasteiger charge is 2.11. The number of nitrogens with zero attached hydrogens (tertiary/aromatic N) is 1. The minimum atomic E-state index is -1.07. The number of hydrogen-bond acceptors (Lipinski definition) is 5. The monoisotopic (exact) mass is 366 g/mol. The van der Waals surface area contributed by atoms with Gasteiger partial charge in [0.15, 0.2) is 0 Å². The predicted molar refractivity (Wildman–Crippen MR) is 104 cm³/mol. The van der Waals surface area contributed by atoms with Gasteiger partial charge < -0.3 is 14.6 Å². The number of ether oxygens (including phenoxy) is 1. The summed E-state index contributed by atoms with van der Waals surface area (Å²) in [5.41, 5.74) is 2.70. The van der Waals surface area contributed by atoms with E-state index in [1.807, 2.05) is 68.5 Å². The normalized spacial score (nSPS) is 11.9. The Bertz CT molecular complexity index is 910. The van der Waals surface area contributed by atoms with Crippen LogP contribution in [-0.2, 0) is 4.79 Å². The maximum absolute atomic E-state index is 11.0. The molecule has 0 aliphatic heterocycles. The lowest BCUT2D eigenvalue weighted by molar-refractivity contribution is -0.305. The second-order valence-corrected chi connectivity index (χ2v) is 7.26. The molecule has 0 N–H and O–H groups in total. The average molecular weight is 366 g/mol. The van der Waals surface area contributed by atoms with Crippen LogP contribution in [0.4, 0.5) is 0 Å². The Balaban J connectivity index is 2.03. The third-order valence-corrected chi connectivity index (χ3v) is 4.89. The molecule has 0 aliphatic carbocycles. The van der Waals surface area contributed by atoms with Gasteiger partial charge in [0.25, 0.3) is 0 Å². The fraction of sp³-hybridized carbons (Fsp3) is 0.238. The van der Waals surface area contributed by atoms with Gasteiger partial charge in [-0.3, -0.25) is 0 Å². The largest absolute Gasteiger partial charge is 0.550 e. The molecule has 0 aliphatic rings. The van der Waals surface area contributed by atoms with Crippen molar-refractivity contribution in [3.8, 4) is 5.75 Å². The molecule has 3 aromatic rings. The fourth-order valence-electron chi connectivity index (χ4n) is 2.64. The first-order chi connectivity index (χ1) is 12.5. The number of aromatic nitrogens is 1. The average Bonchev–Trinajstić information content (AvgIpc) is 3.03. The number of para-hydroxylation sites is 2. The Hall–Kier alpha value is -2.66. The fourth-order valence-corrected chi connectivity index (χ4v) is 3.65. The van der Waals surface area contributed by atoms with Crippen molar-refractivity contribution in [2.75, 3.05) is 0 Å². The lowest BCUT2D eigenvalue weighted by atomic mass is 10.1. The molecule has 26 heavy (non-hydrogen) atoms. The zero-order valence-electron chi connectivity index (χ0n) is 14.8. The van der Waals surface area contributed by atoms with Crippen LogP contribution in [0.5, 0.6) is 5.75 Å². The Morgan fingerprint density at radius 1 is 1.15 bits per heavy atom. The van der Waals surface area contributed by atoms with Gasteiger partial charge in [0.1, 0.15) is 10.8 Å². The molecular formula is C21H20NO3S-. The van der Waals surface area contributed by atoms with Gasteiger partial charge in [-0.1, -0.05) is 30.3 Å². The smallest absolute Gasteiger partial charge is 0.126 e. The molecular weight excluding hydrogens is 346 g/mol. The Morgan fingerprint density at radius 2 is 1.88 bits per heavy atom. The molecule has 0 saturated heterocycles. The molecule has 0 saturated carbocycles. The van der Waals surface area contributed by atoms with Gasteiger partial charge >= 0.3 is 0 Å². The van der Waals surface area contributed by atoms with Crippen molar-refractivity contribution in [2.45, 2.75) is 32.8 Å². The van der Waals surface area contributed by atoms with Crippen molar-refractivity contribution in [3.05, 3.63) is 59.1 Å². The van der Waals surface area contributed by atoms with E-state index in [9.17, 15) is 9.90 Å². The lowest BCUT2D eigenvalue weighted by Gasteiger charge is -2.13. The molecule has 0 bridgehead atoms. The number of carboxylic acids is 1. The number of hydrogen-bond donors (Lipinski definition) is 0. The minimum absolute atomic E-state index is 0.0467. The first kappa shape index (κ1) is 18.1. The molecule has 0 amide bonds. The Morgan fingerprint density at radius 3 is 2.62 bits per heavy atom. The molecule has 3 rings (SSSR count). The van der Waals surface area contributed by atoms with E-state index in [-0.39, 0.29) is 12.5 Å². The number of allylic oxidation sites excluding steroid dienone is 1. The summed E-state index contributed by atoms with van der Waals surface area (Å²) in [5, 5.41) is 11.8. The molecule has 2 aromatic carbocycles. The highest BCUT2D eigenvalue weighted by Crippen LogP contribution is 2.32. The second-order valence-electron chi connectivity index (χ2n) is 6.23. The van der Waals surface area contributed by atoms with Crippen molar-refractivity contribution in [1.82, 2.24) is 4.98 Å². The summed E-state index contributed by atoms with van der Waals surface area (Å²) in [4.78, 5) is 15.7. The lowest BCUT2D eigenvalue weighted by Crippen LogP contribution is -2.21.